The van der Waals surface area contributed by atoms with E-state index in [2.05, 4.69) is 15.5 Å². The lowest BCUT2D eigenvalue weighted by Crippen LogP contribution is -2.48. The molecule has 0 spiro atoms. The molecule has 0 fully saturated rings. The predicted molar refractivity (Wildman–Crippen MR) is 117 cm³/mol. The number of thioether (sulfide) groups is 1. The molecule has 2 heterocycles. The van der Waals surface area contributed by atoms with E-state index in [9.17, 15) is 9.18 Å². The summed E-state index contributed by atoms with van der Waals surface area (Å²) in [6.07, 6.45) is 1.58. The molecule has 0 saturated carbocycles. The fourth-order valence-electron chi connectivity index (χ4n) is 2.88. The summed E-state index contributed by atoms with van der Waals surface area (Å²) in [5.41, 5.74) is -0.276. The van der Waals surface area contributed by atoms with Gasteiger partial charge in [-0.2, -0.15) is 0 Å². The van der Waals surface area contributed by atoms with Crippen LogP contribution in [-0.2, 0) is 11.3 Å². The molecule has 0 aliphatic heterocycles. The number of hydrogen-bond acceptors (Lipinski definition) is 6. The largest absolute Gasteiger partial charge is 0.488 e. The molecule has 1 aromatic carbocycles. The van der Waals surface area contributed by atoms with Crippen LogP contribution in [0.2, 0.25) is 0 Å². The third-order valence-corrected chi connectivity index (χ3v) is 5.70. The number of hydrogen-bond donors (Lipinski definition) is 1. The molecule has 9 heteroatoms. The highest BCUT2D eigenvalue weighted by molar-refractivity contribution is 7.99. The van der Waals surface area contributed by atoms with Crippen molar-refractivity contribution in [1.29, 1.82) is 0 Å². The molecule has 7 nitrogen and oxygen atoms in total. The monoisotopic (exact) mass is 446 g/mol. The molecule has 0 bridgehead atoms. The van der Waals surface area contributed by atoms with Crippen LogP contribution in [0.4, 0.5) is 4.39 Å². The Morgan fingerprint density at radius 1 is 1.26 bits per heavy atom. The van der Waals surface area contributed by atoms with Crippen molar-refractivity contribution >= 4 is 17.7 Å². The second-order valence-corrected chi connectivity index (χ2v) is 8.99. The highest BCUT2D eigenvalue weighted by atomic mass is 32.2. The van der Waals surface area contributed by atoms with Crippen LogP contribution in [0.5, 0.6) is 5.75 Å². The Balaban J connectivity index is 1.61. The number of carbonyl (C=O) groups is 1. The first-order chi connectivity index (χ1) is 14.8. The van der Waals surface area contributed by atoms with Gasteiger partial charge in [0.1, 0.15) is 6.61 Å². The Hall–Kier alpha value is -2.81. The van der Waals surface area contributed by atoms with E-state index in [0.717, 1.165) is 0 Å². The second kappa shape index (κ2) is 10.00. The van der Waals surface area contributed by atoms with E-state index in [1.165, 1.54) is 17.8 Å². The quantitative estimate of drug-likeness (QED) is 0.491. The van der Waals surface area contributed by atoms with E-state index in [4.69, 9.17) is 9.15 Å². The van der Waals surface area contributed by atoms with Gasteiger partial charge in [-0.05, 0) is 36.6 Å². The van der Waals surface area contributed by atoms with Gasteiger partial charge >= 0.3 is 0 Å². The standard InChI is InChI=1S/C22H27FN4O3S/c1-5-27-20(17-11-8-12-29-17)25-26-21(27)31-14-19(28)24-18(22(2,3)4)13-30-16-10-7-6-9-15(16)23/h6-12,18H,5,13-14H2,1-4H3,(H,24,28). The maximum atomic E-state index is 13.8. The van der Waals surface area contributed by atoms with Crippen LogP contribution < -0.4 is 10.1 Å². The fourth-order valence-corrected chi connectivity index (χ4v) is 3.69. The summed E-state index contributed by atoms with van der Waals surface area (Å²) in [5, 5.41) is 12.0. The average molecular weight is 447 g/mol. The van der Waals surface area contributed by atoms with E-state index in [0.29, 0.717) is 23.3 Å². The van der Waals surface area contributed by atoms with Gasteiger partial charge in [-0.15, -0.1) is 10.2 Å². The van der Waals surface area contributed by atoms with Gasteiger partial charge in [-0.1, -0.05) is 44.7 Å². The van der Waals surface area contributed by atoms with Crippen LogP contribution in [0.25, 0.3) is 11.6 Å². The van der Waals surface area contributed by atoms with Crippen LogP contribution in [0.1, 0.15) is 27.7 Å². The van der Waals surface area contributed by atoms with Crippen LogP contribution in [0.15, 0.2) is 52.2 Å². The first-order valence-electron chi connectivity index (χ1n) is 10.1. The lowest BCUT2D eigenvalue weighted by molar-refractivity contribution is -0.120. The third kappa shape index (κ3) is 5.88. The first kappa shape index (κ1) is 22.9. The molecular formula is C22H27FN4O3S. The lowest BCUT2D eigenvalue weighted by atomic mass is 9.87. The van der Waals surface area contributed by atoms with Crippen molar-refractivity contribution in [3.05, 3.63) is 48.5 Å². The van der Waals surface area contributed by atoms with Crippen LogP contribution in [-0.4, -0.2) is 39.1 Å². The van der Waals surface area contributed by atoms with Gasteiger partial charge in [0.2, 0.25) is 5.91 Å². The average Bonchev–Trinajstić information content (AvgIpc) is 3.38. The van der Waals surface area contributed by atoms with Gasteiger partial charge in [0.25, 0.3) is 0 Å². The van der Waals surface area contributed by atoms with Crippen LogP contribution >= 0.6 is 11.8 Å². The highest BCUT2D eigenvalue weighted by Crippen LogP contribution is 2.25. The fraction of sp³-hybridized carbons (Fsp3) is 0.409. The molecule has 1 amide bonds. The molecule has 3 aromatic rings. The summed E-state index contributed by atoms with van der Waals surface area (Å²) in [6, 6.07) is 9.54. The van der Waals surface area contributed by atoms with Crippen LogP contribution in [0, 0.1) is 11.2 Å². The predicted octanol–water partition coefficient (Wildman–Crippen LogP) is 4.40. The number of furan rings is 1. The number of halogens is 1. The molecule has 1 N–H and O–H groups in total. The van der Waals surface area contributed by atoms with Crippen molar-refractivity contribution in [2.45, 2.75) is 45.4 Å². The number of ether oxygens (including phenoxy) is 1. The molecule has 166 valence electrons. The smallest absolute Gasteiger partial charge is 0.230 e. The Labute approximate surface area is 185 Å². The topological polar surface area (TPSA) is 82.2 Å². The Morgan fingerprint density at radius 3 is 2.68 bits per heavy atom. The number of nitrogens with zero attached hydrogens (tertiary/aromatic N) is 3. The molecular weight excluding hydrogens is 419 g/mol. The van der Waals surface area contributed by atoms with Gasteiger partial charge in [0, 0.05) is 6.54 Å². The van der Waals surface area contributed by atoms with E-state index in [1.807, 2.05) is 38.3 Å². The number of carbonyl (C=O) groups excluding carboxylic acids is 1. The van der Waals surface area contributed by atoms with E-state index >= 15 is 0 Å². The Morgan fingerprint density at radius 2 is 2.03 bits per heavy atom. The molecule has 0 radical (unpaired) electrons. The van der Waals surface area contributed by atoms with Gasteiger partial charge < -0.3 is 14.5 Å². The summed E-state index contributed by atoms with van der Waals surface area (Å²) in [7, 11) is 0. The SMILES string of the molecule is CCn1c(SCC(=O)NC(COc2ccccc2F)C(C)(C)C)nnc1-c1ccco1. The molecule has 1 atom stereocenters. The number of rotatable bonds is 9. The van der Waals surface area contributed by atoms with Crippen molar-refractivity contribution in [2.75, 3.05) is 12.4 Å². The maximum Gasteiger partial charge on any atom is 0.230 e. The second-order valence-electron chi connectivity index (χ2n) is 8.04. The molecule has 2 aromatic heterocycles. The minimum absolute atomic E-state index is 0.160. The van der Waals surface area contributed by atoms with Crippen molar-refractivity contribution in [3.63, 3.8) is 0 Å². The molecule has 0 aliphatic rings. The zero-order valence-electron chi connectivity index (χ0n) is 18.1. The van der Waals surface area contributed by atoms with Gasteiger partial charge in [0.05, 0.1) is 18.1 Å². The number of benzene rings is 1. The summed E-state index contributed by atoms with van der Waals surface area (Å²) in [4.78, 5) is 12.6. The van der Waals surface area contributed by atoms with Crippen molar-refractivity contribution in [2.24, 2.45) is 5.41 Å². The molecule has 3 rings (SSSR count). The van der Waals surface area contributed by atoms with Crippen molar-refractivity contribution < 1.29 is 18.3 Å². The van der Waals surface area contributed by atoms with E-state index in [-0.39, 0.29) is 35.5 Å². The molecule has 1 unspecified atom stereocenters. The minimum Gasteiger partial charge on any atom is -0.488 e. The third-order valence-electron chi connectivity index (χ3n) is 4.73. The Bertz CT molecular complexity index is 999. The molecule has 0 aliphatic carbocycles. The summed E-state index contributed by atoms with van der Waals surface area (Å²) < 4.78 is 26.8. The number of nitrogens with one attached hydrogen (secondary N) is 1. The maximum absolute atomic E-state index is 13.8. The molecule has 0 saturated heterocycles. The highest BCUT2D eigenvalue weighted by Gasteiger charge is 2.27. The van der Waals surface area contributed by atoms with E-state index in [1.54, 1.807) is 30.5 Å². The van der Waals surface area contributed by atoms with Gasteiger partial charge in [0.15, 0.2) is 28.3 Å². The molecule has 31 heavy (non-hydrogen) atoms. The summed E-state index contributed by atoms with van der Waals surface area (Å²) >= 11 is 1.30. The minimum atomic E-state index is -0.427. The van der Waals surface area contributed by atoms with E-state index < -0.39 is 5.82 Å². The van der Waals surface area contributed by atoms with Crippen LogP contribution in [0.3, 0.4) is 0 Å². The van der Waals surface area contributed by atoms with Gasteiger partial charge in [-0.25, -0.2) is 4.39 Å². The Kier molecular flexibility index (Phi) is 7.37. The zero-order valence-corrected chi connectivity index (χ0v) is 18.9. The summed E-state index contributed by atoms with van der Waals surface area (Å²) in [5.74, 6) is 1.00. The van der Waals surface area contributed by atoms with Gasteiger partial charge in [-0.3, -0.25) is 9.36 Å². The normalized spacial score (nSPS) is 12.5. The number of para-hydroxylation sites is 1. The van der Waals surface area contributed by atoms with Crippen molar-refractivity contribution in [3.8, 4) is 17.3 Å². The lowest BCUT2D eigenvalue weighted by Gasteiger charge is -2.31. The first-order valence-corrected chi connectivity index (χ1v) is 11.0. The summed E-state index contributed by atoms with van der Waals surface area (Å²) in [6.45, 7) is 8.79. The zero-order chi connectivity index (χ0) is 22.4. The van der Waals surface area contributed by atoms with Crippen molar-refractivity contribution in [1.82, 2.24) is 20.1 Å². The number of amides is 1. The number of aromatic nitrogens is 3.